The number of piperidine rings is 1. The van der Waals surface area contributed by atoms with Gasteiger partial charge in [0.15, 0.2) is 4.90 Å². The van der Waals surface area contributed by atoms with Crippen LogP contribution in [0.5, 0.6) is 0 Å². The Bertz CT molecular complexity index is 1720. The molecule has 0 spiro atoms. The van der Waals surface area contributed by atoms with Crippen molar-refractivity contribution in [1.29, 1.82) is 0 Å². The van der Waals surface area contributed by atoms with Gasteiger partial charge in [-0.05, 0) is 50.5 Å². The number of sulfonamides is 1. The van der Waals surface area contributed by atoms with Gasteiger partial charge in [-0.15, -0.1) is 0 Å². The average molecular weight is 668 g/mol. The zero-order chi connectivity index (χ0) is 33.2. The van der Waals surface area contributed by atoms with Gasteiger partial charge in [0.25, 0.3) is 5.69 Å². The zero-order valence-electron chi connectivity index (χ0n) is 26.0. The van der Waals surface area contributed by atoms with Gasteiger partial charge in [0.2, 0.25) is 21.8 Å². The van der Waals surface area contributed by atoms with Gasteiger partial charge in [-0.1, -0.05) is 73.1 Å². The lowest BCUT2D eigenvalue weighted by Gasteiger charge is -2.52. The van der Waals surface area contributed by atoms with Crippen LogP contribution < -0.4 is 10.2 Å². The number of para-hydroxylation sites is 2. The quantitative estimate of drug-likeness (QED) is 0.250. The summed E-state index contributed by atoms with van der Waals surface area (Å²) in [6.07, 6.45) is 0.915. The van der Waals surface area contributed by atoms with Gasteiger partial charge in [0.05, 0.1) is 34.1 Å². The van der Waals surface area contributed by atoms with Crippen LogP contribution in [-0.4, -0.2) is 72.1 Å². The molecule has 3 aromatic rings. The van der Waals surface area contributed by atoms with Gasteiger partial charge in [0, 0.05) is 37.3 Å². The molecule has 2 heterocycles. The Morgan fingerprint density at radius 2 is 1.70 bits per heavy atom. The molecule has 2 aliphatic rings. The minimum atomic E-state index is -4.40. The molecule has 0 aromatic heterocycles. The van der Waals surface area contributed by atoms with E-state index in [2.05, 4.69) is 5.32 Å². The number of nitro benzene ring substituents is 1. The lowest BCUT2D eigenvalue weighted by molar-refractivity contribution is -0.387. The van der Waals surface area contributed by atoms with E-state index < -0.39 is 43.0 Å². The van der Waals surface area contributed by atoms with Crippen LogP contribution in [0.1, 0.15) is 45.2 Å². The molecular formula is C33H38ClN5O6S. The highest BCUT2D eigenvalue weighted by atomic mass is 35.5. The molecule has 0 saturated carbocycles. The van der Waals surface area contributed by atoms with Crippen LogP contribution in [0, 0.1) is 16.0 Å². The summed E-state index contributed by atoms with van der Waals surface area (Å²) >= 11 is 6.44. The number of carbonyl (C=O) groups is 2. The minimum Gasteiger partial charge on any atom is -0.349 e. The molecule has 244 valence electrons. The second-order valence-electron chi connectivity index (χ2n) is 12.4. The van der Waals surface area contributed by atoms with Gasteiger partial charge in [0.1, 0.15) is 0 Å². The van der Waals surface area contributed by atoms with E-state index in [1.165, 1.54) is 18.2 Å². The van der Waals surface area contributed by atoms with Crippen molar-refractivity contribution in [2.45, 2.75) is 56.1 Å². The van der Waals surface area contributed by atoms with E-state index in [4.69, 9.17) is 11.6 Å². The molecule has 46 heavy (non-hydrogen) atoms. The van der Waals surface area contributed by atoms with E-state index in [9.17, 15) is 28.1 Å². The number of anilines is 1. The lowest BCUT2D eigenvalue weighted by atomic mass is 9.88. The van der Waals surface area contributed by atoms with E-state index in [0.29, 0.717) is 23.6 Å². The van der Waals surface area contributed by atoms with E-state index in [-0.39, 0.29) is 44.0 Å². The molecule has 2 aliphatic heterocycles. The fourth-order valence-electron chi connectivity index (χ4n) is 6.53. The maximum absolute atomic E-state index is 14.1. The number of carbonyl (C=O) groups excluding carboxylic acids is 2. The number of halogens is 1. The van der Waals surface area contributed by atoms with Crippen LogP contribution in [0.4, 0.5) is 11.4 Å². The Labute approximate surface area is 274 Å². The largest absolute Gasteiger partial charge is 0.349 e. The topological polar surface area (TPSA) is 133 Å². The van der Waals surface area contributed by atoms with Gasteiger partial charge in [-0.2, -0.15) is 4.31 Å². The number of hydrogen-bond donors (Lipinski definition) is 1. The van der Waals surface area contributed by atoms with Gasteiger partial charge in [-0.25, -0.2) is 8.42 Å². The molecule has 0 radical (unpaired) electrons. The summed E-state index contributed by atoms with van der Waals surface area (Å²) in [7, 11) is -4.40. The summed E-state index contributed by atoms with van der Waals surface area (Å²) in [5.41, 5.74) is 0.345. The van der Waals surface area contributed by atoms with Crippen LogP contribution in [0.25, 0.3) is 0 Å². The molecule has 3 aromatic carbocycles. The van der Waals surface area contributed by atoms with E-state index in [1.54, 1.807) is 23.1 Å². The van der Waals surface area contributed by atoms with Crippen LogP contribution in [0.2, 0.25) is 5.02 Å². The number of amides is 2. The number of benzene rings is 3. The second-order valence-corrected chi connectivity index (χ2v) is 14.7. The van der Waals surface area contributed by atoms with Gasteiger partial charge >= 0.3 is 0 Å². The highest BCUT2D eigenvalue weighted by molar-refractivity contribution is 7.89. The molecule has 0 aliphatic carbocycles. The van der Waals surface area contributed by atoms with Crippen molar-refractivity contribution < 1.29 is 22.9 Å². The first-order chi connectivity index (χ1) is 21.8. The van der Waals surface area contributed by atoms with E-state index in [0.717, 1.165) is 15.9 Å². The fourth-order valence-corrected chi connectivity index (χ4v) is 8.45. The predicted molar refractivity (Wildman–Crippen MR) is 176 cm³/mol. The van der Waals surface area contributed by atoms with Crippen molar-refractivity contribution in [1.82, 2.24) is 14.5 Å². The van der Waals surface area contributed by atoms with Gasteiger partial charge < -0.3 is 10.2 Å². The molecule has 2 fully saturated rings. The number of hydrogen-bond acceptors (Lipinski definition) is 7. The van der Waals surface area contributed by atoms with Crippen molar-refractivity contribution in [3.63, 3.8) is 0 Å². The summed E-state index contributed by atoms with van der Waals surface area (Å²) in [4.78, 5) is 41.8. The molecule has 2 amide bonds. The maximum atomic E-state index is 14.1. The molecule has 0 bridgehead atoms. The lowest BCUT2D eigenvalue weighted by Crippen LogP contribution is -2.67. The number of rotatable bonds is 9. The van der Waals surface area contributed by atoms with Crippen LogP contribution in [0.15, 0.2) is 83.8 Å². The maximum Gasteiger partial charge on any atom is 0.289 e. The molecule has 13 heteroatoms. The molecule has 3 atom stereocenters. The standard InChI is InChI=1S/C33H38ClN5O6S/c1-4-27(23-12-6-5-7-13-23)35-32(41)24-18-25(20-36(19-24)46(44,45)30-17-11-10-16-29(30)39(42)43)38-21-31(40)37(22-33(38,2)3)28-15-9-8-14-26(28)34/h5-17,24-25,27H,4,18-22H2,1-3H3,(H,35,41)/t24-,25+,27+/m0/s1. The monoisotopic (exact) mass is 667 g/mol. The summed E-state index contributed by atoms with van der Waals surface area (Å²) in [6, 6.07) is 21.0. The Morgan fingerprint density at radius 3 is 2.37 bits per heavy atom. The van der Waals surface area contributed by atoms with Crippen molar-refractivity contribution in [2.75, 3.05) is 31.1 Å². The molecule has 1 N–H and O–H groups in total. The third-order valence-corrected chi connectivity index (χ3v) is 11.1. The Balaban J connectivity index is 1.48. The van der Waals surface area contributed by atoms with E-state index in [1.807, 2.05) is 62.1 Å². The van der Waals surface area contributed by atoms with Crippen molar-refractivity contribution >= 4 is 44.8 Å². The third-order valence-electron chi connectivity index (χ3n) is 8.89. The van der Waals surface area contributed by atoms with Crippen LogP contribution in [-0.2, 0) is 19.6 Å². The van der Waals surface area contributed by atoms with Crippen molar-refractivity contribution in [3.8, 4) is 0 Å². The van der Waals surface area contributed by atoms with Crippen LogP contribution in [0.3, 0.4) is 0 Å². The first-order valence-corrected chi connectivity index (χ1v) is 17.1. The van der Waals surface area contributed by atoms with Crippen molar-refractivity contribution in [3.05, 3.63) is 99.6 Å². The van der Waals surface area contributed by atoms with Gasteiger partial charge in [-0.3, -0.25) is 24.6 Å². The Hall–Kier alpha value is -3.84. The fraction of sp³-hybridized carbons (Fsp3) is 0.394. The zero-order valence-corrected chi connectivity index (χ0v) is 27.6. The molecule has 5 rings (SSSR count). The molecule has 11 nitrogen and oxygen atoms in total. The smallest absolute Gasteiger partial charge is 0.289 e. The number of piperazine rings is 1. The molecular weight excluding hydrogens is 630 g/mol. The summed E-state index contributed by atoms with van der Waals surface area (Å²) in [6.45, 7) is 5.95. The molecule has 0 unspecified atom stereocenters. The first kappa shape index (κ1) is 33.5. The Morgan fingerprint density at radius 1 is 1.04 bits per heavy atom. The minimum absolute atomic E-state index is 0.0296. The predicted octanol–water partition coefficient (Wildman–Crippen LogP) is 5.02. The average Bonchev–Trinajstić information content (AvgIpc) is 3.04. The second kappa shape index (κ2) is 13.5. The summed E-state index contributed by atoms with van der Waals surface area (Å²) < 4.78 is 29.3. The SMILES string of the molecule is CC[C@@H](NC(=O)[C@H]1C[C@@H](N2CC(=O)N(c3ccccc3Cl)CC2(C)C)CN(S(=O)(=O)c2ccccc2[N+](=O)[O-])C1)c1ccccc1. The number of nitro groups is 1. The third kappa shape index (κ3) is 6.80. The highest BCUT2D eigenvalue weighted by Gasteiger charge is 2.48. The van der Waals surface area contributed by atoms with E-state index >= 15 is 0 Å². The summed E-state index contributed by atoms with van der Waals surface area (Å²) in [5.74, 6) is -1.30. The van der Waals surface area contributed by atoms with Crippen LogP contribution >= 0.6 is 11.6 Å². The van der Waals surface area contributed by atoms with Crippen molar-refractivity contribution in [2.24, 2.45) is 5.92 Å². The number of nitrogens with zero attached hydrogens (tertiary/aromatic N) is 4. The molecule has 2 saturated heterocycles. The number of nitrogens with one attached hydrogen (secondary N) is 1. The first-order valence-electron chi connectivity index (χ1n) is 15.2. The Kier molecular flexibility index (Phi) is 9.83. The normalized spacial score (nSPS) is 21.5. The summed E-state index contributed by atoms with van der Waals surface area (Å²) in [5, 5.41) is 15.4. The highest BCUT2D eigenvalue weighted by Crippen LogP contribution is 2.37.